The zero-order valence-electron chi connectivity index (χ0n) is 11.3. The highest BCUT2D eigenvalue weighted by atomic mass is 32.2. The molecule has 0 fully saturated rings. The molecule has 1 heterocycles. The smallest absolute Gasteiger partial charge is 0.191 e. The SMILES string of the molecule is CC(C)c1ccc(Sc2nccnc2C(N)=NO)cc1. The average molecular weight is 288 g/mol. The summed E-state index contributed by atoms with van der Waals surface area (Å²) >= 11 is 1.43. The molecule has 0 saturated heterocycles. The van der Waals surface area contributed by atoms with Crippen LogP contribution >= 0.6 is 11.8 Å². The van der Waals surface area contributed by atoms with Gasteiger partial charge in [0.1, 0.15) is 10.7 Å². The second kappa shape index (κ2) is 6.38. The Morgan fingerprint density at radius 1 is 1.20 bits per heavy atom. The molecular formula is C14H16N4OS. The molecule has 1 aromatic carbocycles. The van der Waals surface area contributed by atoms with E-state index in [-0.39, 0.29) is 5.84 Å². The van der Waals surface area contributed by atoms with Crippen LogP contribution < -0.4 is 5.73 Å². The summed E-state index contributed by atoms with van der Waals surface area (Å²) in [6.45, 7) is 4.31. The van der Waals surface area contributed by atoms with Crippen molar-refractivity contribution in [2.24, 2.45) is 10.9 Å². The van der Waals surface area contributed by atoms with E-state index in [2.05, 4.69) is 41.1 Å². The standard InChI is InChI=1S/C14H16N4OS/c1-9(2)10-3-5-11(6-4-10)20-14-12(13(15)18-19)16-7-8-17-14/h3-9,19H,1-2H3,(H2,15,18). The highest BCUT2D eigenvalue weighted by molar-refractivity contribution is 7.99. The Morgan fingerprint density at radius 3 is 2.45 bits per heavy atom. The van der Waals surface area contributed by atoms with Gasteiger partial charge in [-0.2, -0.15) is 0 Å². The number of nitrogens with zero attached hydrogens (tertiary/aromatic N) is 3. The number of rotatable bonds is 4. The summed E-state index contributed by atoms with van der Waals surface area (Å²) in [7, 11) is 0. The number of nitrogens with two attached hydrogens (primary N) is 1. The van der Waals surface area contributed by atoms with Crippen molar-refractivity contribution in [3.8, 4) is 0 Å². The molecule has 5 nitrogen and oxygen atoms in total. The summed E-state index contributed by atoms with van der Waals surface area (Å²) in [4.78, 5) is 9.35. The van der Waals surface area contributed by atoms with E-state index in [9.17, 15) is 0 Å². The van der Waals surface area contributed by atoms with Gasteiger partial charge in [0.15, 0.2) is 5.84 Å². The molecule has 0 spiro atoms. The van der Waals surface area contributed by atoms with Crippen molar-refractivity contribution in [2.45, 2.75) is 29.7 Å². The molecule has 20 heavy (non-hydrogen) atoms. The van der Waals surface area contributed by atoms with E-state index in [1.807, 2.05) is 12.1 Å². The van der Waals surface area contributed by atoms with E-state index in [1.165, 1.54) is 23.5 Å². The lowest BCUT2D eigenvalue weighted by Gasteiger charge is -2.08. The van der Waals surface area contributed by atoms with Gasteiger partial charge in [-0.3, -0.25) is 0 Å². The van der Waals surface area contributed by atoms with Gasteiger partial charge < -0.3 is 10.9 Å². The molecular weight excluding hydrogens is 272 g/mol. The zero-order valence-corrected chi connectivity index (χ0v) is 12.1. The first kappa shape index (κ1) is 14.3. The summed E-state index contributed by atoms with van der Waals surface area (Å²) in [5.41, 5.74) is 7.26. The summed E-state index contributed by atoms with van der Waals surface area (Å²) in [5.74, 6) is 0.456. The molecule has 0 amide bonds. The molecule has 104 valence electrons. The summed E-state index contributed by atoms with van der Waals surface area (Å²) in [6.07, 6.45) is 3.10. The fourth-order valence-corrected chi connectivity index (χ4v) is 2.52. The number of amidine groups is 1. The molecule has 6 heteroatoms. The second-order valence-corrected chi connectivity index (χ2v) is 5.58. The highest BCUT2D eigenvalue weighted by Crippen LogP contribution is 2.28. The molecule has 0 aliphatic heterocycles. The first-order chi connectivity index (χ1) is 9.61. The van der Waals surface area contributed by atoms with Crippen molar-refractivity contribution >= 4 is 17.6 Å². The molecule has 0 atom stereocenters. The predicted octanol–water partition coefficient (Wildman–Crippen LogP) is 2.85. The lowest BCUT2D eigenvalue weighted by atomic mass is 10.0. The van der Waals surface area contributed by atoms with Gasteiger partial charge >= 0.3 is 0 Å². The monoisotopic (exact) mass is 288 g/mol. The van der Waals surface area contributed by atoms with Gasteiger partial charge in [0.2, 0.25) is 0 Å². The van der Waals surface area contributed by atoms with Gasteiger partial charge in [0, 0.05) is 17.3 Å². The average Bonchev–Trinajstić information content (AvgIpc) is 2.47. The Bertz CT molecular complexity index is 611. The maximum Gasteiger partial charge on any atom is 0.191 e. The van der Waals surface area contributed by atoms with Crippen molar-refractivity contribution in [3.05, 3.63) is 47.9 Å². The molecule has 0 unspecified atom stereocenters. The molecule has 0 aliphatic rings. The Balaban J connectivity index is 2.26. The number of benzene rings is 1. The molecule has 3 N–H and O–H groups in total. The van der Waals surface area contributed by atoms with Gasteiger partial charge in [-0.1, -0.05) is 42.9 Å². The van der Waals surface area contributed by atoms with Crippen LogP contribution in [0.3, 0.4) is 0 Å². The van der Waals surface area contributed by atoms with Crippen LogP contribution in [0.1, 0.15) is 31.0 Å². The van der Waals surface area contributed by atoms with E-state index in [0.717, 1.165) is 4.90 Å². The summed E-state index contributed by atoms with van der Waals surface area (Å²) < 4.78 is 0. The van der Waals surface area contributed by atoms with Gasteiger partial charge in [0.25, 0.3) is 0 Å². The van der Waals surface area contributed by atoms with Crippen LogP contribution in [-0.2, 0) is 0 Å². The molecule has 2 aromatic rings. The molecule has 0 radical (unpaired) electrons. The van der Waals surface area contributed by atoms with Crippen molar-refractivity contribution in [1.29, 1.82) is 0 Å². The van der Waals surface area contributed by atoms with Crippen molar-refractivity contribution in [1.82, 2.24) is 9.97 Å². The van der Waals surface area contributed by atoms with Crippen LogP contribution in [0.4, 0.5) is 0 Å². The maximum atomic E-state index is 8.76. The Labute approximate surface area is 121 Å². The maximum absolute atomic E-state index is 8.76. The minimum absolute atomic E-state index is 0.0422. The molecule has 0 bridgehead atoms. The third-order valence-electron chi connectivity index (χ3n) is 2.78. The zero-order chi connectivity index (χ0) is 14.5. The van der Waals surface area contributed by atoms with E-state index in [0.29, 0.717) is 16.6 Å². The molecule has 1 aromatic heterocycles. The topological polar surface area (TPSA) is 84.4 Å². The van der Waals surface area contributed by atoms with Crippen molar-refractivity contribution < 1.29 is 5.21 Å². The number of hydrogen-bond donors (Lipinski definition) is 2. The highest BCUT2D eigenvalue weighted by Gasteiger charge is 2.11. The first-order valence-electron chi connectivity index (χ1n) is 6.18. The van der Waals surface area contributed by atoms with Crippen molar-refractivity contribution in [2.75, 3.05) is 0 Å². The minimum Gasteiger partial charge on any atom is -0.409 e. The largest absolute Gasteiger partial charge is 0.409 e. The van der Waals surface area contributed by atoms with Crippen LogP contribution in [0.5, 0.6) is 0 Å². The Morgan fingerprint density at radius 2 is 1.85 bits per heavy atom. The molecule has 0 saturated carbocycles. The number of hydrogen-bond acceptors (Lipinski definition) is 5. The quantitative estimate of drug-likeness (QED) is 0.391. The molecule has 2 rings (SSSR count). The van der Waals surface area contributed by atoms with E-state index >= 15 is 0 Å². The number of oxime groups is 1. The normalized spacial score (nSPS) is 11.8. The lowest BCUT2D eigenvalue weighted by Crippen LogP contribution is -2.16. The van der Waals surface area contributed by atoms with Gasteiger partial charge in [-0.15, -0.1) is 0 Å². The van der Waals surface area contributed by atoms with Gasteiger partial charge in [-0.05, 0) is 23.6 Å². The Kier molecular flexibility index (Phi) is 4.57. The summed E-state index contributed by atoms with van der Waals surface area (Å²) in [5, 5.41) is 12.4. The van der Waals surface area contributed by atoms with Crippen molar-refractivity contribution in [3.63, 3.8) is 0 Å². The van der Waals surface area contributed by atoms with E-state index < -0.39 is 0 Å². The third kappa shape index (κ3) is 3.27. The Hall–Kier alpha value is -2.08. The lowest BCUT2D eigenvalue weighted by molar-refractivity contribution is 0.318. The van der Waals surface area contributed by atoms with E-state index in [4.69, 9.17) is 10.9 Å². The van der Waals surface area contributed by atoms with Crippen LogP contribution in [0.2, 0.25) is 0 Å². The predicted molar refractivity (Wildman–Crippen MR) is 79.2 cm³/mol. The van der Waals surface area contributed by atoms with Gasteiger partial charge in [0.05, 0.1) is 0 Å². The van der Waals surface area contributed by atoms with Crippen LogP contribution in [-0.4, -0.2) is 21.0 Å². The van der Waals surface area contributed by atoms with E-state index in [1.54, 1.807) is 6.20 Å². The third-order valence-corrected chi connectivity index (χ3v) is 3.78. The molecule has 0 aliphatic carbocycles. The van der Waals surface area contributed by atoms with Crippen LogP contribution in [0, 0.1) is 0 Å². The number of aromatic nitrogens is 2. The van der Waals surface area contributed by atoms with Crippen LogP contribution in [0.25, 0.3) is 0 Å². The van der Waals surface area contributed by atoms with Gasteiger partial charge in [-0.25, -0.2) is 9.97 Å². The van der Waals surface area contributed by atoms with Crippen LogP contribution in [0.15, 0.2) is 51.7 Å². The second-order valence-electron chi connectivity index (χ2n) is 4.52. The summed E-state index contributed by atoms with van der Waals surface area (Å²) in [6, 6.07) is 8.24. The first-order valence-corrected chi connectivity index (χ1v) is 7.00. The fourth-order valence-electron chi connectivity index (χ4n) is 1.66. The minimum atomic E-state index is -0.0422. The fraction of sp³-hybridized carbons (Fsp3) is 0.214.